The van der Waals surface area contributed by atoms with Crippen LogP contribution in [-0.4, -0.2) is 53.2 Å². The van der Waals surface area contributed by atoms with E-state index in [9.17, 15) is 4.79 Å². The Balaban J connectivity index is 1.41. The predicted molar refractivity (Wildman–Crippen MR) is 116 cm³/mol. The van der Waals surface area contributed by atoms with E-state index in [0.717, 1.165) is 53.3 Å². The van der Waals surface area contributed by atoms with Crippen molar-refractivity contribution in [3.63, 3.8) is 0 Å². The summed E-state index contributed by atoms with van der Waals surface area (Å²) in [5.74, 6) is 1.58. The molecule has 0 atom stereocenters. The molecule has 0 radical (unpaired) electrons. The number of aromatic nitrogens is 1. The molecule has 1 aromatic heterocycles. The first-order chi connectivity index (χ1) is 14.7. The number of rotatable bonds is 6. The van der Waals surface area contributed by atoms with Gasteiger partial charge in [0.25, 0.3) is 5.91 Å². The normalized spacial score (nSPS) is 15.8. The molecule has 30 heavy (non-hydrogen) atoms. The summed E-state index contributed by atoms with van der Waals surface area (Å²) in [6.07, 6.45) is 2.50. The number of amides is 1. The summed E-state index contributed by atoms with van der Waals surface area (Å²) >= 11 is 0. The number of benzene rings is 2. The molecule has 3 aromatic rings. The van der Waals surface area contributed by atoms with Crippen LogP contribution in [0.25, 0.3) is 10.9 Å². The molecular formula is C24H27N3O3. The van der Waals surface area contributed by atoms with Crippen LogP contribution >= 0.6 is 0 Å². The summed E-state index contributed by atoms with van der Waals surface area (Å²) in [5.41, 5.74) is 2.84. The number of aryl methyl sites for hydroxylation is 1. The van der Waals surface area contributed by atoms with Crippen LogP contribution < -0.4 is 9.47 Å². The van der Waals surface area contributed by atoms with Crippen molar-refractivity contribution in [2.75, 3.05) is 33.0 Å². The molecule has 0 N–H and O–H groups in total. The Bertz CT molecular complexity index is 1070. The van der Waals surface area contributed by atoms with Crippen molar-refractivity contribution in [1.82, 2.24) is 14.4 Å². The number of hydrogen-bond acceptors (Lipinski definition) is 4. The van der Waals surface area contributed by atoms with Gasteiger partial charge in [-0.15, -0.1) is 0 Å². The van der Waals surface area contributed by atoms with Gasteiger partial charge in [-0.25, -0.2) is 0 Å². The molecule has 6 heteroatoms. The van der Waals surface area contributed by atoms with E-state index in [2.05, 4.69) is 17.0 Å². The summed E-state index contributed by atoms with van der Waals surface area (Å²) in [6, 6.07) is 16.1. The molecule has 2 aromatic carbocycles. The SMILES string of the molecule is Cn1c(C(=O)N(CCN2CCCC2)Cc2ccc3c(c2)OCO3)cc2ccccc21. The molecule has 1 fully saturated rings. The van der Waals surface area contributed by atoms with Gasteiger partial charge in [-0.1, -0.05) is 24.3 Å². The first-order valence-corrected chi connectivity index (χ1v) is 10.6. The van der Waals surface area contributed by atoms with E-state index in [0.29, 0.717) is 13.1 Å². The van der Waals surface area contributed by atoms with Gasteiger partial charge in [0.05, 0.1) is 0 Å². The van der Waals surface area contributed by atoms with Crippen LogP contribution in [0.5, 0.6) is 11.5 Å². The van der Waals surface area contributed by atoms with Crippen molar-refractivity contribution in [2.45, 2.75) is 19.4 Å². The van der Waals surface area contributed by atoms with Gasteiger partial charge in [-0.3, -0.25) is 4.79 Å². The zero-order valence-corrected chi connectivity index (χ0v) is 17.3. The maximum absolute atomic E-state index is 13.6. The second-order valence-corrected chi connectivity index (χ2v) is 8.11. The molecular weight excluding hydrogens is 378 g/mol. The zero-order valence-electron chi connectivity index (χ0n) is 17.3. The molecule has 3 heterocycles. The van der Waals surface area contributed by atoms with Gasteiger partial charge in [0.15, 0.2) is 11.5 Å². The molecule has 1 saturated heterocycles. The quantitative estimate of drug-likeness (QED) is 0.628. The fraction of sp³-hybridized carbons (Fsp3) is 0.375. The number of likely N-dealkylation sites (tertiary alicyclic amines) is 1. The van der Waals surface area contributed by atoms with Crippen LogP contribution in [0.15, 0.2) is 48.5 Å². The minimum absolute atomic E-state index is 0.0607. The van der Waals surface area contributed by atoms with Crippen LogP contribution in [-0.2, 0) is 13.6 Å². The minimum atomic E-state index is 0.0607. The van der Waals surface area contributed by atoms with Crippen LogP contribution in [0.3, 0.4) is 0 Å². The number of ether oxygens (including phenoxy) is 2. The van der Waals surface area contributed by atoms with E-state index in [1.807, 2.05) is 52.9 Å². The van der Waals surface area contributed by atoms with Crippen molar-refractivity contribution >= 4 is 16.8 Å². The van der Waals surface area contributed by atoms with Gasteiger partial charge in [-0.05, 0) is 55.8 Å². The third-order valence-electron chi connectivity index (χ3n) is 6.15. The number of fused-ring (bicyclic) bond motifs is 2. The fourth-order valence-electron chi connectivity index (χ4n) is 4.44. The highest BCUT2D eigenvalue weighted by Crippen LogP contribution is 2.33. The Morgan fingerprint density at radius 1 is 1.03 bits per heavy atom. The Morgan fingerprint density at radius 2 is 1.83 bits per heavy atom. The molecule has 0 saturated carbocycles. The average molecular weight is 405 g/mol. The first kappa shape index (κ1) is 19.0. The largest absolute Gasteiger partial charge is 0.454 e. The molecule has 0 unspecified atom stereocenters. The van der Waals surface area contributed by atoms with Crippen molar-refractivity contribution in [3.8, 4) is 11.5 Å². The number of carbonyl (C=O) groups excluding carboxylic acids is 1. The number of nitrogens with zero attached hydrogens (tertiary/aromatic N) is 3. The number of carbonyl (C=O) groups is 1. The highest BCUT2D eigenvalue weighted by molar-refractivity contribution is 5.98. The second kappa shape index (κ2) is 8.03. The number of hydrogen-bond donors (Lipinski definition) is 0. The summed E-state index contributed by atoms with van der Waals surface area (Å²) in [5, 5.41) is 1.09. The Hall–Kier alpha value is -2.99. The molecule has 0 aliphatic carbocycles. The van der Waals surface area contributed by atoms with E-state index >= 15 is 0 Å². The summed E-state index contributed by atoms with van der Waals surface area (Å²) in [7, 11) is 1.97. The third-order valence-corrected chi connectivity index (χ3v) is 6.15. The summed E-state index contributed by atoms with van der Waals surface area (Å²) in [4.78, 5) is 18.0. The van der Waals surface area contributed by atoms with Crippen molar-refractivity contribution < 1.29 is 14.3 Å². The standard InChI is InChI=1S/C24H27N3O3/c1-25-20-7-3-2-6-19(20)15-21(25)24(28)27(13-12-26-10-4-5-11-26)16-18-8-9-22-23(14-18)30-17-29-22/h2-3,6-9,14-15H,4-5,10-13,16-17H2,1H3. The van der Waals surface area contributed by atoms with Crippen LogP contribution in [0.4, 0.5) is 0 Å². The van der Waals surface area contributed by atoms with Gasteiger partial charge in [0.1, 0.15) is 5.69 Å². The molecule has 5 rings (SSSR count). The first-order valence-electron chi connectivity index (χ1n) is 10.6. The van der Waals surface area contributed by atoms with Crippen molar-refractivity contribution in [1.29, 1.82) is 0 Å². The maximum Gasteiger partial charge on any atom is 0.270 e. The molecule has 2 aliphatic heterocycles. The van der Waals surface area contributed by atoms with Crippen LogP contribution in [0, 0.1) is 0 Å². The molecule has 2 aliphatic rings. The van der Waals surface area contributed by atoms with Crippen molar-refractivity contribution in [2.24, 2.45) is 7.05 Å². The van der Waals surface area contributed by atoms with Gasteiger partial charge in [0, 0.05) is 37.6 Å². The lowest BCUT2D eigenvalue weighted by atomic mass is 10.1. The highest BCUT2D eigenvalue weighted by Gasteiger charge is 2.23. The van der Waals surface area contributed by atoms with Crippen molar-refractivity contribution in [3.05, 3.63) is 59.8 Å². The lowest BCUT2D eigenvalue weighted by molar-refractivity contribution is 0.0717. The molecule has 6 nitrogen and oxygen atoms in total. The van der Waals surface area contributed by atoms with E-state index in [1.165, 1.54) is 12.8 Å². The molecule has 0 bridgehead atoms. The van der Waals surface area contributed by atoms with Gasteiger partial charge in [-0.2, -0.15) is 0 Å². The van der Waals surface area contributed by atoms with E-state index < -0.39 is 0 Å². The predicted octanol–water partition coefficient (Wildman–Crippen LogP) is 3.65. The smallest absolute Gasteiger partial charge is 0.270 e. The topological polar surface area (TPSA) is 46.9 Å². The lowest BCUT2D eigenvalue weighted by Crippen LogP contribution is -2.38. The summed E-state index contributed by atoms with van der Waals surface area (Å²) < 4.78 is 13.0. The minimum Gasteiger partial charge on any atom is -0.454 e. The van der Waals surface area contributed by atoms with E-state index in [1.54, 1.807) is 0 Å². The Labute approximate surface area is 176 Å². The summed E-state index contributed by atoms with van der Waals surface area (Å²) in [6.45, 7) is 4.66. The van der Waals surface area contributed by atoms with Gasteiger partial charge >= 0.3 is 0 Å². The van der Waals surface area contributed by atoms with Gasteiger partial charge < -0.3 is 23.8 Å². The van der Waals surface area contributed by atoms with Gasteiger partial charge in [0.2, 0.25) is 6.79 Å². The van der Waals surface area contributed by atoms with E-state index in [4.69, 9.17) is 9.47 Å². The average Bonchev–Trinajstić information content (AvgIpc) is 3.51. The molecule has 0 spiro atoms. The second-order valence-electron chi connectivity index (χ2n) is 8.11. The van der Waals surface area contributed by atoms with Crippen LogP contribution in [0.2, 0.25) is 0 Å². The molecule has 1 amide bonds. The number of para-hydroxylation sites is 1. The highest BCUT2D eigenvalue weighted by atomic mass is 16.7. The Morgan fingerprint density at radius 3 is 2.67 bits per heavy atom. The third kappa shape index (κ3) is 3.63. The zero-order chi connectivity index (χ0) is 20.5. The van der Waals surface area contributed by atoms with E-state index in [-0.39, 0.29) is 12.7 Å². The monoisotopic (exact) mass is 405 g/mol. The fourth-order valence-corrected chi connectivity index (χ4v) is 4.44. The maximum atomic E-state index is 13.6. The van der Waals surface area contributed by atoms with Crippen LogP contribution in [0.1, 0.15) is 28.9 Å². The lowest BCUT2D eigenvalue weighted by Gasteiger charge is -2.26. The molecule has 156 valence electrons. The Kier molecular flexibility index (Phi) is 5.09.